The van der Waals surface area contributed by atoms with Gasteiger partial charge in [0, 0.05) is 6.07 Å². The average Bonchev–Trinajstić information content (AvgIpc) is 2.85. The van der Waals surface area contributed by atoms with Gasteiger partial charge in [-0.15, -0.1) is 0 Å². The van der Waals surface area contributed by atoms with Gasteiger partial charge < -0.3 is 23.9 Å². The van der Waals surface area contributed by atoms with Crippen LogP contribution in [-0.2, 0) is 9.53 Å². The van der Waals surface area contributed by atoms with Crippen LogP contribution in [0.4, 0.5) is 4.79 Å². The Morgan fingerprint density at radius 1 is 0.892 bits per heavy atom. The highest BCUT2D eigenvalue weighted by atomic mass is 16.6. The fourth-order valence-electron chi connectivity index (χ4n) is 3.58. The number of ether oxygens (including phenoxy) is 3. The highest BCUT2D eigenvalue weighted by molar-refractivity contribution is 5.86. The minimum absolute atomic E-state index is 0.0779. The van der Waals surface area contributed by atoms with Crippen molar-refractivity contribution in [1.82, 2.24) is 5.32 Å². The zero-order valence-electron chi connectivity index (χ0n) is 20.9. The molecule has 0 aliphatic rings. The Labute approximate surface area is 213 Å². The highest BCUT2D eigenvalue weighted by Crippen LogP contribution is 2.28. The van der Waals surface area contributed by atoms with Gasteiger partial charge in [0.15, 0.2) is 6.04 Å². The highest BCUT2D eigenvalue weighted by Gasteiger charge is 2.28. The van der Waals surface area contributed by atoms with Crippen LogP contribution in [-0.4, -0.2) is 17.7 Å². The molecule has 1 N–H and O–H groups in total. The minimum Gasteiger partial charge on any atom is -0.457 e. The summed E-state index contributed by atoms with van der Waals surface area (Å²) in [6.07, 6.45) is -0.760. The van der Waals surface area contributed by atoms with Crippen molar-refractivity contribution in [3.8, 4) is 17.2 Å². The van der Waals surface area contributed by atoms with Crippen LogP contribution >= 0.6 is 0 Å². The molecule has 0 radical (unpaired) electrons. The van der Waals surface area contributed by atoms with E-state index in [2.05, 4.69) is 5.32 Å². The van der Waals surface area contributed by atoms with Crippen molar-refractivity contribution < 1.29 is 28.2 Å². The average molecular weight is 502 g/mol. The normalized spacial score (nSPS) is 12.0. The number of hydrogen-bond acceptors (Lipinski definition) is 7. The molecule has 37 heavy (non-hydrogen) atoms. The van der Waals surface area contributed by atoms with Crippen LogP contribution in [0.25, 0.3) is 11.0 Å². The number of aryl methyl sites for hydroxylation is 1. The second kappa shape index (κ2) is 10.6. The summed E-state index contributed by atoms with van der Waals surface area (Å²) in [5.41, 5.74) is -0.352. The molecule has 0 spiro atoms. The molecular weight excluding hydrogens is 474 g/mol. The molecule has 4 rings (SSSR count). The molecule has 8 nitrogen and oxygen atoms in total. The fraction of sp³-hybridized carbons (Fsp3) is 0.207. The number of carbonyl (C=O) groups is 2. The monoisotopic (exact) mass is 501 g/mol. The summed E-state index contributed by atoms with van der Waals surface area (Å²) in [5.74, 6) is 0.267. The summed E-state index contributed by atoms with van der Waals surface area (Å²) in [7, 11) is 0. The lowest BCUT2D eigenvalue weighted by Crippen LogP contribution is -2.39. The molecular formula is C29H27NO7. The molecule has 1 amide bonds. The maximum atomic E-state index is 13.1. The van der Waals surface area contributed by atoms with Crippen molar-refractivity contribution >= 4 is 23.0 Å². The SMILES string of the molecule is Cc1oc2cc(OC(=O)[C@H](NC(=O)OC(C)(C)C)c3ccccc3)ccc2c(=O)c1Oc1ccccc1. The molecule has 190 valence electrons. The van der Waals surface area contributed by atoms with Gasteiger partial charge >= 0.3 is 12.1 Å². The van der Waals surface area contributed by atoms with E-state index in [1.807, 2.05) is 6.07 Å². The molecule has 3 aromatic carbocycles. The zero-order valence-corrected chi connectivity index (χ0v) is 20.9. The van der Waals surface area contributed by atoms with Gasteiger partial charge in [0.05, 0.1) is 5.39 Å². The molecule has 1 heterocycles. The number of fused-ring (bicyclic) bond motifs is 1. The molecule has 4 aromatic rings. The molecule has 0 saturated heterocycles. The van der Waals surface area contributed by atoms with Gasteiger partial charge in [-0.3, -0.25) is 4.79 Å². The standard InChI is InChI=1S/C29H27NO7/c1-18-26(35-20-13-9-6-10-14-20)25(31)22-16-15-21(17-23(22)34-18)36-27(32)24(19-11-7-5-8-12-19)30-28(33)37-29(2,3)4/h5-17,24H,1-4H3,(H,30,33)/t24-/m1/s1. The predicted molar refractivity (Wildman–Crippen MR) is 138 cm³/mol. The van der Waals surface area contributed by atoms with Crippen molar-refractivity contribution in [3.05, 3.63) is 100 Å². The van der Waals surface area contributed by atoms with Gasteiger partial charge in [0.25, 0.3) is 0 Å². The number of hydrogen-bond donors (Lipinski definition) is 1. The largest absolute Gasteiger partial charge is 0.457 e. The zero-order chi connectivity index (χ0) is 26.6. The number of nitrogens with one attached hydrogen (secondary N) is 1. The fourth-order valence-corrected chi connectivity index (χ4v) is 3.58. The number of carbonyl (C=O) groups excluding carboxylic acids is 2. The van der Waals surface area contributed by atoms with Gasteiger partial charge in [-0.05, 0) is 57.5 Å². The van der Waals surface area contributed by atoms with Crippen LogP contribution in [0.15, 0.2) is 88.1 Å². The Hall–Kier alpha value is -4.59. The first-order chi connectivity index (χ1) is 17.6. The van der Waals surface area contributed by atoms with Gasteiger partial charge in [-0.25, -0.2) is 9.59 Å². The predicted octanol–water partition coefficient (Wildman–Crippen LogP) is 6.07. The van der Waals surface area contributed by atoms with E-state index in [4.69, 9.17) is 18.6 Å². The van der Waals surface area contributed by atoms with E-state index in [-0.39, 0.29) is 33.7 Å². The van der Waals surface area contributed by atoms with E-state index in [9.17, 15) is 14.4 Å². The van der Waals surface area contributed by atoms with Crippen molar-refractivity contribution in [2.75, 3.05) is 0 Å². The molecule has 0 unspecified atom stereocenters. The summed E-state index contributed by atoms with van der Waals surface area (Å²) in [6.45, 7) is 6.80. The maximum absolute atomic E-state index is 13.1. The first-order valence-electron chi connectivity index (χ1n) is 11.7. The minimum atomic E-state index is -1.12. The topological polar surface area (TPSA) is 104 Å². The first-order valence-corrected chi connectivity index (χ1v) is 11.7. The summed E-state index contributed by atoms with van der Waals surface area (Å²) < 4.78 is 22.5. The van der Waals surface area contributed by atoms with Gasteiger partial charge in [-0.2, -0.15) is 0 Å². The van der Waals surface area contributed by atoms with Crippen molar-refractivity contribution in [2.24, 2.45) is 0 Å². The quantitative estimate of drug-likeness (QED) is 0.253. The number of amides is 1. The number of benzene rings is 3. The summed E-state index contributed by atoms with van der Waals surface area (Å²) in [5, 5.41) is 2.84. The Balaban J connectivity index is 1.59. The van der Waals surface area contributed by atoms with Gasteiger partial charge in [0.1, 0.15) is 28.4 Å². The lowest BCUT2D eigenvalue weighted by Gasteiger charge is -2.23. The Morgan fingerprint density at radius 2 is 1.54 bits per heavy atom. The second-order valence-corrected chi connectivity index (χ2v) is 9.30. The van der Waals surface area contributed by atoms with E-state index in [1.54, 1.807) is 82.3 Å². The summed E-state index contributed by atoms with van der Waals surface area (Å²) in [6, 6.07) is 20.9. The van der Waals surface area contributed by atoms with E-state index in [0.717, 1.165) is 0 Å². The van der Waals surface area contributed by atoms with Crippen LogP contribution in [0, 0.1) is 6.92 Å². The van der Waals surface area contributed by atoms with Crippen LogP contribution in [0.5, 0.6) is 17.2 Å². The number of esters is 1. The molecule has 1 atom stereocenters. The molecule has 0 bridgehead atoms. The van der Waals surface area contributed by atoms with E-state index in [1.165, 1.54) is 18.2 Å². The third-order valence-corrected chi connectivity index (χ3v) is 5.20. The molecule has 0 aliphatic heterocycles. The molecule has 0 saturated carbocycles. The number of alkyl carbamates (subject to hydrolysis) is 1. The number of para-hydroxylation sites is 1. The summed E-state index contributed by atoms with van der Waals surface area (Å²) in [4.78, 5) is 38.6. The lowest BCUT2D eigenvalue weighted by atomic mass is 10.1. The molecule has 0 fully saturated rings. The summed E-state index contributed by atoms with van der Waals surface area (Å²) >= 11 is 0. The van der Waals surface area contributed by atoms with Gasteiger partial charge in [0.2, 0.25) is 11.2 Å². The molecule has 1 aromatic heterocycles. The Morgan fingerprint density at radius 3 is 2.19 bits per heavy atom. The first kappa shape index (κ1) is 25.5. The van der Waals surface area contributed by atoms with Gasteiger partial charge in [-0.1, -0.05) is 48.5 Å². The second-order valence-electron chi connectivity index (χ2n) is 9.30. The Kier molecular flexibility index (Phi) is 7.29. The molecule has 0 aliphatic carbocycles. The van der Waals surface area contributed by atoms with Crippen molar-refractivity contribution in [3.63, 3.8) is 0 Å². The van der Waals surface area contributed by atoms with Crippen LogP contribution in [0.3, 0.4) is 0 Å². The van der Waals surface area contributed by atoms with E-state index >= 15 is 0 Å². The van der Waals surface area contributed by atoms with Crippen LogP contribution in [0.1, 0.15) is 38.1 Å². The van der Waals surface area contributed by atoms with E-state index in [0.29, 0.717) is 11.3 Å². The third kappa shape index (κ3) is 6.35. The molecule has 8 heteroatoms. The third-order valence-electron chi connectivity index (χ3n) is 5.20. The Bertz CT molecular complexity index is 1470. The van der Waals surface area contributed by atoms with Crippen molar-refractivity contribution in [1.29, 1.82) is 0 Å². The maximum Gasteiger partial charge on any atom is 0.408 e. The smallest absolute Gasteiger partial charge is 0.408 e. The van der Waals surface area contributed by atoms with Crippen molar-refractivity contribution in [2.45, 2.75) is 39.3 Å². The number of rotatable bonds is 6. The van der Waals surface area contributed by atoms with E-state index < -0.39 is 23.7 Å². The van der Waals surface area contributed by atoms with Crippen LogP contribution < -0.4 is 20.2 Å². The lowest BCUT2D eigenvalue weighted by molar-refractivity contribution is -0.137. The van der Waals surface area contributed by atoms with Crippen LogP contribution in [0.2, 0.25) is 0 Å².